The molecule has 5 heterocycles. The molecule has 200 valence electrons. The maximum atomic E-state index is 2.59. The molecule has 0 fully saturated rings. The predicted octanol–water partition coefficient (Wildman–Crippen LogP) is 11.9. The molecule has 0 unspecified atom stereocenters. The maximum absolute atomic E-state index is 2.59. The van der Waals surface area contributed by atoms with Crippen molar-refractivity contribution in [1.82, 2.24) is 0 Å². The minimum absolute atomic E-state index is 0.188. The summed E-state index contributed by atoms with van der Waals surface area (Å²) in [6.07, 6.45) is 15.6. The molecule has 0 bridgehead atoms. The zero-order valence-electron chi connectivity index (χ0n) is 22.5. The van der Waals surface area contributed by atoms with Crippen LogP contribution in [0, 0.1) is 0 Å². The molecule has 7 rings (SSSR count). The van der Waals surface area contributed by atoms with Gasteiger partial charge in [-0.3, -0.25) is 0 Å². The van der Waals surface area contributed by atoms with Gasteiger partial charge < -0.3 is 0 Å². The van der Waals surface area contributed by atoms with Crippen LogP contribution in [-0.2, 0) is 6.42 Å². The van der Waals surface area contributed by atoms with Crippen LogP contribution >= 0.6 is 34.0 Å². The van der Waals surface area contributed by atoms with Crippen LogP contribution in [0.2, 0.25) is 0 Å². The summed E-state index contributed by atoms with van der Waals surface area (Å²) in [6, 6.07) is 19.6. The number of fused-ring (bicyclic) bond motifs is 7. The van der Waals surface area contributed by atoms with Gasteiger partial charge in [-0.25, -0.2) is 0 Å². The molecule has 0 saturated carbocycles. The Balaban J connectivity index is 1.06. The van der Waals surface area contributed by atoms with Crippen molar-refractivity contribution in [3.05, 3.63) is 57.5 Å². The Bertz CT molecular complexity index is 1860. The van der Waals surface area contributed by atoms with E-state index in [0.29, 0.717) is 14.5 Å². The van der Waals surface area contributed by atoms with Gasteiger partial charge in [-0.05, 0) is 0 Å². The van der Waals surface area contributed by atoms with Crippen molar-refractivity contribution < 1.29 is 0 Å². The van der Waals surface area contributed by atoms with Gasteiger partial charge in [-0.2, -0.15) is 0 Å². The Hall–Kier alpha value is -0.891. The Kier molecular flexibility index (Phi) is 8.40. The van der Waals surface area contributed by atoms with Crippen molar-refractivity contribution in [2.24, 2.45) is 0 Å². The fraction of sp³-hybridized carbons (Fsp3) is 0.353. The summed E-state index contributed by atoms with van der Waals surface area (Å²) in [5.74, 6) is 0. The van der Waals surface area contributed by atoms with Crippen LogP contribution in [0.5, 0.6) is 0 Å². The summed E-state index contributed by atoms with van der Waals surface area (Å²) < 4.78 is 12.6. The molecular formula is C34H34S3SeTe. The van der Waals surface area contributed by atoms with Gasteiger partial charge >= 0.3 is 254 Å². The van der Waals surface area contributed by atoms with Crippen LogP contribution in [0.4, 0.5) is 0 Å². The Morgan fingerprint density at radius 3 is 2.13 bits per heavy atom. The van der Waals surface area contributed by atoms with Crippen LogP contribution in [0.3, 0.4) is 0 Å². The molecule has 5 aromatic heterocycles. The van der Waals surface area contributed by atoms with Gasteiger partial charge in [0.1, 0.15) is 0 Å². The Morgan fingerprint density at radius 2 is 1.41 bits per heavy atom. The third-order valence-electron chi connectivity index (χ3n) is 7.95. The summed E-state index contributed by atoms with van der Waals surface area (Å²) in [6.45, 7) is 2.30. The monoisotopic (exact) mass is 748 g/mol. The summed E-state index contributed by atoms with van der Waals surface area (Å²) in [7, 11) is 0. The summed E-state index contributed by atoms with van der Waals surface area (Å²) in [4.78, 5) is 1.44. The zero-order chi connectivity index (χ0) is 26.2. The number of hydrogen-bond donors (Lipinski definition) is 0. The fourth-order valence-corrected chi connectivity index (χ4v) is 15.0. The molecule has 0 radical (unpaired) electrons. The molecule has 0 aliphatic rings. The number of benzene rings is 2. The van der Waals surface area contributed by atoms with Crippen molar-refractivity contribution >= 4 is 117 Å². The van der Waals surface area contributed by atoms with E-state index in [1.165, 1.54) is 110 Å². The van der Waals surface area contributed by atoms with Crippen molar-refractivity contribution in [3.8, 4) is 9.31 Å². The van der Waals surface area contributed by atoms with Crippen molar-refractivity contribution in [2.75, 3.05) is 0 Å². The molecule has 0 N–H and O–H groups in total. The van der Waals surface area contributed by atoms with E-state index >= 15 is 0 Å². The number of unbranched alkanes of at least 4 members (excludes halogenated alkanes) is 9. The second kappa shape index (κ2) is 12.1. The third-order valence-corrected chi connectivity index (χ3v) is 17.3. The van der Waals surface area contributed by atoms with Crippen LogP contribution in [0.15, 0.2) is 53.9 Å². The fourth-order valence-electron chi connectivity index (χ4n) is 5.83. The standard InChI is InChI=1S/C34H34S3SeTe/c1-2-3-4-5-6-7-8-9-10-11-13-24-16-23-18-29-26(21-32(23)39-24)34-33(37-29)25-20-30-22(17-28(25)36-34)19-31(38-30)27-14-12-15-35-27/h12,14-21H,2-11,13H2,1H3. The van der Waals surface area contributed by atoms with E-state index in [1.807, 2.05) is 34.0 Å². The van der Waals surface area contributed by atoms with E-state index in [1.54, 1.807) is 21.1 Å². The average molecular weight is 745 g/mol. The first-order valence-electron chi connectivity index (χ1n) is 14.6. The first-order valence-corrected chi connectivity index (χ1v) is 21.1. The van der Waals surface area contributed by atoms with E-state index < -0.39 is 0 Å². The topological polar surface area (TPSA) is 0 Å². The van der Waals surface area contributed by atoms with Crippen LogP contribution in [-0.4, -0.2) is 34.9 Å². The van der Waals surface area contributed by atoms with E-state index in [-0.39, 0.29) is 20.4 Å². The number of thiophene rings is 3. The van der Waals surface area contributed by atoms with Crippen LogP contribution in [0.25, 0.3) is 57.3 Å². The van der Waals surface area contributed by atoms with Gasteiger partial charge in [0.25, 0.3) is 0 Å². The van der Waals surface area contributed by atoms with Crippen molar-refractivity contribution in [2.45, 2.75) is 77.6 Å². The van der Waals surface area contributed by atoms with Gasteiger partial charge in [0, 0.05) is 0 Å². The Labute approximate surface area is 259 Å². The molecule has 0 atom stereocenters. The molecular weight excluding hydrogens is 711 g/mol. The first kappa shape index (κ1) is 27.0. The quantitative estimate of drug-likeness (QED) is 0.0863. The predicted molar refractivity (Wildman–Crippen MR) is 182 cm³/mol. The molecule has 0 nitrogen and oxygen atoms in total. The molecule has 2 aromatic carbocycles. The zero-order valence-corrected chi connectivity index (χ0v) is 29.0. The Morgan fingerprint density at radius 1 is 0.718 bits per heavy atom. The number of hydrogen-bond acceptors (Lipinski definition) is 3. The molecule has 0 spiro atoms. The van der Waals surface area contributed by atoms with E-state index in [0.717, 1.165) is 0 Å². The number of aryl methyl sites for hydroxylation is 1. The molecule has 0 aliphatic carbocycles. The van der Waals surface area contributed by atoms with Gasteiger partial charge in [0.05, 0.1) is 0 Å². The van der Waals surface area contributed by atoms with Gasteiger partial charge in [-0.1, -0.05) is 6.92 Å². The van der Waals surface area contributed by atoms with E-state index in [4.69, 9.17) is 0 Å². The summed E-state index contributed by atoms with van der Waals surface area (Å²) >= 11 is 6.16. The van der Waals surface area contributed by atoms with Crippen LogP contribution < -0.4 is 0 Å². The number of rotatable bonds is 12. The van der Waals surface area contributed by atoms with E-state index in [2.05, 4.69) is 60.8 Å². The first-order chi connectivity index (χ1) is 19.3. The minimum atomic E-state index is -0.188. The second-order valence-corrected chi connectivity index (χ2v) is 19.5. The van der Waals surface area contributed by atoms with Gasteiger partial charge in [-0.15, -0.1) is 0 Å². The molecule has 39 heavy (non-hydrogen) atoms. The third kappa shape index (κ3) is 5.63. The molecule has 0 saturated heterocycles. The van der Waals surface area contributed by atoms with Crippen molar-refractivity contribution in [3.63, 3.8) is 0 Å². The normalized spacial score (nSPS) is 12.3. The van der Waals surface area contributed by atoms with Crippen molar-refractivity contribution in [1.29, 1.82) is 0 Å². The molecule has 0 amide bonds. The SMILES string of the molecule is CCCCCCCCCCCCc1cc2cc3sc4c5cc6[se]c(-c7cccs7)cc6cc5sc4c3cc2[te]1. The summed E-state index contributed by atoms with van der Waals surface area (Å²) in [5, 5.41) is 8.21. The molecule has 5 heteroatoms. The van der Waals surface area contributed by atoms with E-state index in [9.17, 15) is 0 Å². The second-order valence-electron chi connectivity index (χ2n) is 10.9. The van der Waals surface area contributed by atoms with Gasteiger partial charge in [0.15, 0.2) is 0 Å². The molecule has 7 aromatic rings. The summed E-state index contributed by atoms with van der Waals surface area (Å²) in [5.41, 5.74) is 0. The van der Waals surface area contributed by atoms with Crippen LogP contribution in [0.1, 0.15) is 74.7 Å². The average Bonchev–Trinajstić information content (AvgIpc) is 3.75. The molecule has 0 aliphatic heterocycles. The van der Waals surface area contributed by atoms with Gasteiger partial charge in [0.2, 0.25) is 0 Å².